The van der Waals surface area contributed by atoms with Gasteiger partial charge in [-0.2, -0.15) is 0 Å². The van der Waals surface area contributed by atoms with Crippen LogP contribution >= 0.6 is 11.6 Å². The zero-order valence-electron chi connectivity index (χ0n) is 11.7. The van der Waals surface area contributed by atoms with Gasteiger partial charge in [0.25, 0.3) is 0 Å². The van der Waals surface area contributed by atoms with Crippen molar-refractivity contribution in [1.82, 2.24) is 0 Å². The van der Waals surface area contributed by atoms with E-state index in [9.17, 15) is 9.59 Å². The molecule has 0 radical (unpaired) electrons. The van der Waals surface area contributed by atoms with E-state index >= 15 is 0 Å². The van der Waals surface area contributed by atoms with E-state index in [0.29, 0.717) is 33.7 Å². The Morgan fingerprint density at radius 3 is 2.36 bits per heavy atom. The molecule has 0 aliphatic carbocycles. The summed E-state index contributed by atoms with van der Waals surface area (Å²) in [5.41, 5.74) is 2.04. The zero-order chi connectivity index (χ0) is 15.5. The molecule has 2 aromatic carbocycles. The predicted molar refractivity (Wildman–Crippen MR) is 84.7 cm³/mol. The van der Waals surface area contributed by atoms with E-state index < -0.39 is 5.97 Å². The van der Waals surface area contributed by atoms with E-state index in [4.69, 9.17) is 16.3 Å². The monoisotopic (exact) mass is 312 g/mol. The van der Waals surface area contributed by atoms with E-state index in [1.54, 1.807) is 48.5 Å². The Labute approximate surface area is 133 Å². The quantitative estimate of drug-likeness (QED) is 0.637. The third kappa shape index (κ3) is 2.81. The Morgan fingerprint density at radius 2 is 1.68 bits per heavy atom. The Hall–Kier alpha value is -2.39. The molecule has 3 rings (SSSR count). The average molecular weight is 313 g/mol. The number of carbonyl (C=O) groups excluding carboxylic acids is 2. The summed E-state index contributed by atoms with van der Waals surface area (Å²) in [6, 6.07) is 15.8. The van der Waals surface area contributed by atoms with Gasteiger partial charge >= 0.3 is 5.97 Å². The molecule has 0 fully saturated rings. The molecule has 0 N–H and O–H groups in total. The van der Waals surface area contributed by atoms with Crippen LogP contribution in [-0.4, -0.2) is 18.4 Å². The first-order chi connectivity index (χ1) is 10.7. The molecule has 0 aromatic heterocycles. The van der Waals surface area contributed by atoms with Gasteiger partial charge in [0.1, 0.15) is 0 Å². The van der Waals surface area contributed by atoms with Crippen molar-refractivity contribution in [2.24, 2.45) is 0 Å². The largest absolute Gasteiger partial charge is 0.462 e. The summed E-state index contributed by atoms with van der Waals surface area (Å²) in [6.07, 6.45) is 0.414. The fourth-order valence-electron chi connectivity index (χ4n) is 2.47. The lowest BCUT2D eigenvalue weighted by atomic mass is 9.91. The van der Waals surface area contributed by atoms with Gasteiger partial charge in [0.15, 0.2) is 5.78 Å². The van der Waals surface area contributed by atoms with Crippen molar-refractivity contribution in [3.63, 3.8) is 0 Å². The molecule has 0 atom stereocenters. The van der Waals surface area contributed by atoms with Crippen LogP contribution in [0.2, 0.25) is 5.02 Å². The van der Waals surface area contributed by atoms with Gasteiger partial charge in [-0.05, 0) is 17.7 Å². The molecular formula is C18H13ClO3. The topological polar surface area (TPSA) is 43.4 Å². The lowest BCUT2D eigenvalue weighted by Gasteiger charge is -2.19. The molecule has 3 nitrogen and oxygen atoms in total. The van der Waals surface area contributed by atoms with Crippen molar-refractivity contribution < 1.29 is 14.3 Å². The number of hydrogen-bond donors (Lipinski definition) is 0. The number of benzene rings is 2. The summed E-state index contributed by atoms with van der Waals surface area (Å²) >= 11 is 5.88. The first-order valence-electron chi connectivity index (χ1n) is 6.93. The highest BCUT2D eigenvalue weighted by atomic mass is 35.5. The first kappa shape index (κ1) is 14.5. The Kier molecular flexibility index (Phi) is 4.07. The Bertz CT molecular complexity index is 746. The maximum atomic E-state index is 12.7. The second kappa shape index (κ2) is 6.16. The molecule has 0 unspecified atom stereocenters. The third-order valence-corrected chi connectivity index (χ3v) is 3.79. The number of hydrogen-bond acceptors (Lipinski definition) is 3. The molecule has 2 aromatic rings. The Morgan fingerprint density at radius 1 is 1.00 bits per heavy atom. The predicted octanol–water partition coefficient (Wildman–Crippen LogP) is 3.92. The van der Waals surface area contributed by atoms with Gasteiger partial charge in [-0.3, -0.25) is 4.79 Å². The van der Waals surface area contributed by atoms with E-state index in [2.05, 4.69) is 0 Å². The molecule has 0 saturated carbocycles. The second-order valence-electron chi connectivity index (χ2n) is 4.94. The van der Waals surface area contributed by atoms with Crippen molar-refractivity contribution in [2.75, 3.05) is 6.61 Å². The highest BCUT2D eigenvalue weighted by molar-refractivity contribution is 6.31. The summed E-state index contributed by atoms with van der Waals surface area (Å²) in [6.45, 7) is 0.226. The second-order valence-corrected chi connectivity index (χ2v) is 5.38. The minimum absolute atomic E-state index is 0.137. The normalized spacial score (nSPS) is 14.7. The van der Waals surface area contributed by atoms with E-state index in [0.717, 1.165) is 0 Å². The van der Waals surface area contributed by atoms with Crippen molar-refractivity contribution in [1.29, 1.82) is 0 Å². The standard InChI is InChI=1S/C18H13ClO3/c19-14-8-6-12(7-9-14)16-15(10-11-22-18(16)21)17(20)13-4-2-1-3-5-13/h1-9H,10-11H2. The number of Topliss-reactive ketones (excluding diaryl/α,β-unsaturated/α-hetero) is 1. The fraction of sp³-hybridized carbons (Fsp3) is 0.111. The molecule has 1 aliphatic heterocycles. The summed E-state index contributed by atoms with van der Waals surface area (Å²) in [5.74, 6) is -0.602. The van der Waals surface area contributed by atoms with Crippen LogP contribution in [0.4, 0.5) is 0 Å². The number of cyclic esters (lactones) is 1. The molecule has 0 bridgehead atoms. The van der Waals surface area contributed by atoms with Gasteiger partial charge in [0.2, 0.25) is 0 Å². The van der Waals surface area contributed by atoms with Crippen LogP contribution in [-0.2, 0) is 9.53 Å². The fourth-order valence-corrected chi connectivity index (χ4v) is 2.59. The van der Waals surface area contributed by atoms with E-state index in [1.165, 1.54) is 0 Å². The molecule has 110 valence electrons. The highest BCUT2D eigenvalue weighted by Crippen LogP contribution is 2.29. The maximum absolute atomic E-state index is 12.7. The first-order valence-corrected chi connectivity index (χ1v) is 7.30. The third-order valence-electron chi connectivity index (χ3n) is 3.53. The van der Waals surface area contributed by atoms with Crippen LogP contribution in [0.3, 0.4) is 0 Å². The summed E-state index contributed by atoms with van der Waals surface area (Å²) in [7, 11) is 0. The van der Waals surface area contributed by atoms with E-state index in [-0.39, 0.29) is 12.4 Å². The number of ether oxygens (including phenoxy) is 1. The molecule has 22 heavy (non-hydrogen) atoms. The minimum atomic E-state index is -0.465. The lowest BCUT2D eigenvalue weighted by molar-refractivity contribution is -0.137. The minimum Gasteiger partial charge on any atom is -0.462 e. The van der Waals surface area contributed by atoms with Crippen molar-refractivity contribution >= 4 is 28.9 Å². The average Bonchev–Trinajstić information content (AvgIpc) is 2.56. The number of ketones is 1. The van der Waals surface area contributed by atoms with Gasteiger partial charge in [-0.1, -0.05) is 54.1 Å². The highest BCUT2D eigenvalue weighted by Gasteiger charge is 2.28. The van der Waals surface area contributed by atoms with Crippen LogP contribution in [0.25, 0.3) is 5.57 Å². The molecule has 1 aliphatic rings. The molecule has 0 amide bonds. The van der Waals surface area contributed by atoms with Crippen LogP contribution in [0, 0.1) is 0 Å². The van der Waals surface area contributed by atoms with Crippen LogP contribution < -0.4 is 0 Å². The number of rotatable bonds is 3. The number of carbonyl (C=O) groups is 2. The summed E-state index contributed by atoms with van der Waals surface area (Å²) in [5, 5.41) is 0.574. The molecule has 0 saturated heterocycles. The van der Waals surface area contributed by atoms with Crippen molar-refractivity contribution in [3.05, 3.63) is 76.3 Å². The SMILES string of the molecule is O=C1OCCC(C(=O)c2ccccc2)=C1c1ccc(Cl)cc1. The van der Waals surface area contributed by atoms with Crippen LogP contribution in [0.5, 0.6) is 0 Å². The van der Waals surface area contributed by atoms with Gasteiger partial charge in [-0.15, -0.1) is 0 Å². The molecule has 4 heteroatoms. The number of esters is 1. The lowest BCUT2D eigenvalue weighted by Crippen LogP contribution is -2.21. The smallest absolute Gasteiger partial charge is 0.339 e. The Balaban J connectivity index is 2.11. The summed E-state index contributed by atoms with van der Waals surface area (Å²) in [4.78, 5) is 24.9. The van der Waals surface area contributed by atoms with Crippen molar-refractivity contribution in [3.8, 4) is 0 Å². The molecule has 0 spiro atoms. The van der Waals surface area contributed by atoms with Crippen LogP contribution in [0.1, 0.15) is 22.3 Å². The zero-order valence-corrected chi connectivity index (χ0v) is 12.5. The maximum Gasteiger partial charge on any atom is 0.339 e. The van der Waals surface area contributed by atoms with E-state index in [1.807, 2.05) is 6.07 Å². The van der Waals surface area contributed by atoms with Gasteiger partial charge in [0, 0.05) is 22.6 Å². The van der Waals surface area contributed by atoms with Crippen molar-refractivity contribution in [2.45, 2.75) is 6.42 Å². The van der Waals surface area contributed by atoms with Gasteiger partial charge in [-0.25, -0.2) is 4.79 Å². The van der Waals surface area contributed by atoms with Crippen LogP contribution in [0.15, 0.2) is 60.2 Å². The number of halogens is 1. The molecular weight excluding hydrogens is 300 g/mol. The molecule has 1 heterocycles. The van der Waals surface area contributed by atoms with Gasteiger partial charge in [0.05, 0.1) is 12.2 Å². The van der Waals surface area contributed by atoms with Gasteiger partial charge < -0.3 is 4.74 Å². The summed E-state index contributed by atoms with van der Waals surface area (Å²) < 4.78 is 5.11.